The van der Waals surface area contributed by atoms with Crippen molar-refractivity contribution in [3.63, 3.8) is 0 Å². The Morgan fingerprint density at radius 1 is 1.29 bits per heavy atom. The van der Waals surface area contributed by atoms with Crippen LogP contribution in [0.5, 0.6) is 0 Å². The Morgan fingerprint density at radius 3 is 2.90 bits per heavy atom. The molecule has 10 heteroatoms. The van der Waals surface area contributed by atoms with E-state index in [0.29, 0.717) is 23.6 Å². The van der Waals surface area contributed by atoms with Crippen LogP contribution >= 0.6 is 11.3 Å². The molecule has 162 valence electrons. The molecule has 9 nitrogen and oxygen atoms in total. The molecule has 0 bridgehead atoms. The summed E-state index contributed by atoms with van der Waals surface area (Å²) in [6.45, 7) is 0.946. The lowest BCUT2D eigenvalue weighted by Crippen LogP contribution is -2.40. The number of fused-ring (bicyclic) bond motifs is 2. The molecule has 1 fully saturated rings. The predicted molar refractivity (Wildman–Crippen MR) is 110 cm³/mol. The number of carboxylic acids is 1. The van der Waals surface area contributed by atoms with Crippen LogP contribution in [0.15, 0.2) is 18.3 Å². The third-order valence-electron chi connectivity index (χ3n) is 5.78. The van der Waals surface area contributed by atoms with Crippen molar-refractivity contribution in [2.45, 2.75) is 44.6 Å². The van der Waals surface area contributed by atoms with Crippen molar-refractivity contribution in [2.75, 3.05) is 18.5 Å². The van der Waals surface area contributed by atoms with Crippen molar-refractivity contribution in [1.82, 2.24) is 9.88 Å². The molecule has 1 saturated heterocycles. The molecule has 3 aliphatic heterocycles. The largest absolute Gasteiger partial charge is 0.478 e. The third-order valence-corrected chi connectivity index (χ3v) is 6.91. The van der Waals surface area contributed by atoms with Crippen LogP contribution in [-0.4, -0.2) is 58.3 Å². The number of rotatable bonds is 5. The summed E-state index contributed by atoms with van der Waals surface area (Å²) in [7, 11) is 0. The fourth-order valence-electron chi connectivity index (χ4n) is 4.25. The second kappa shape index (κ2) is 8.03. The monoisotopic (exact) mass is 443 g/mol. The molecule has 2 aromatic heterocycles. The quantitative estimate of drug-likeness (QED) is 0.677. The van der Waals surface area contributed by atoms with Crippen LogP contribution in [0.4, 0.5) is 5.00 Å². The lowest BCUT2D eigenvalue weighted by Gasteiger charge is -2.26. The van der Waals surface area contributed by atoms with E-state index in [1.54, 1.807) is 12.1 Å². The number of ether oxygens (including phenoxy) is 2. The second-order valence-corrected chi connectivity index (χ2v) is 8.88. The Labute approximate surface area is 182 Å². The number of hydrogen-bond acceptors (Lipinski definition) is 8. The van der Waals surface area contributed by atoms with Gasteiger partial charge in [0.2, 0.25) is 0 Å². The van der Waals surface area contributed by atoms with Gasteiger partial charge in [-0.1, -0.05) is 0 Å². The topological polar surface area (TPSA) is 118 Å². The molecule has 3 aliphatic rings. The molecule has 5 heterocycles. The number of carbonyl (C=O) groups is 3. The Hall–Kier alpha value is -2.82. The minimum atomic E-state index is -1.01. The van der Waals surface area contributed by atoms with E-state index in [0.717, 1.165) is 29.0 Å². The standard InChI is InChI=1S/C21H21N3O6S/c25-19-12-4-3-6-22-17(12)20(26)24(19)9-11-8-13-14(10-30-11)31-18(16(13)21(27)28)23-15-5-1-2-7-29-15/h3-4,6,11,15,23H,1-2,5,7-10H2,(H,27,28). The molecule has 31 heavy (non-hydrogen) atoms. The van der Waals surface area contributed by atoms with E-state index in [4.69, 9.17) is 9.47 Å². The zero-order chi connectivity index (χ0) is 21.5. The van der Waals surface area contributed by atoms with Crippen LogP contribution in [0.3, 0.4) is 0 Å². The van der Waals surface area contributed by atoms with Crippen molar-refractivity contribution in [3.05, 3.63) is 45.6 Å². The van der Waals surface area contributed by atoms with E-state index in [9.17, 15) is 19.5 Å². The number of hydrogen-bond donors (Lipinski definition) is 2. The van der Waals surface area contributed by atoms with E-state index in [1.165, 1.54) is 17.5 Å². The number of carbonyl (C=O) groups excluding carboxylic acids is 2. The van der Waals surface area contributed by atoms with Crippen molar-refractivity contribution in [1.29, 1.82) is 0 Å². The highest BCUT2D eigenvalue weighted by atomic mass is 32.1. The first kappa shape index (κ1) is 20.1. The van der Waals surface area contributed by atoms with Gasteiger partial charge in [-0.2, -0.15) is 0 Å². The summed E-state index contributed by atoms with van der Waals surface area (Å²) >= 11 is 1.37. The molecular formula is C21H21N3O6S. The summed E-state index contributed by atoms with van der Waals surface area (Å²) in [4.78, 5) is 43.3. The molecule has 0 aliphatic carbocycles. The van der Waals surface area contributed by atoms with Gasteiger partial charge in [-0.15, -0.1) is 11.3 Å². The molecule has 2 amide bonds. The molecule has 2 N–H and O–H groups in total. The number of nitrogens with zero attached hydrogens (tertiary/aromatic N) is 2. The van der Waals surface area contributed by atoms with Gasteiger partial charge in [0.1, 0.15) is 16.9 Å². The van der Waals surface area contributed by atoms with Crippen LogP contribution in [0.1, 0.15) is 60.9 Å². The smallest absolute Gasteiger partial charge is 0.338 e. The summed E-state index contributed by atoms with van der Waals surface area (Å²) in [6, 6.07) is 3.20. The third kappa shape index (κ3) is 3.60. The molecule has 5 rings (SSSR count). The van der Waals surface area contributed by atoms with Crippen LogP contribution in [0.25, 0.3) is 0 Å². The van der Waals surface area contributed by atoms with Gasteiger partial charge < -0.3 is 19.9 Å². The van der Waals surface area contributed by atoms with Gasteiger partial charge in [0, 0.05) is 24.1 Å². The maximum Gasteiger partial charge on any atom is 0.338 e. The Balaban J connectivity index is 1.35. The van der Waals surface area contributed by atoms with Crippen LogP contribution in [0, 0.1) is 0 Å². The van der Waals surface area contributed by atoms with Gasteiger partial charge in [-0.25, -0.2) is 4.79 Å². The van der Waals surface area contributed by atoms with Gasteiger partial charge in [-0.05, 0) is 37.0 Å². The minimum absolute atomic E-state index is 0.0525. The summed E-state index contributed by atoms with van der Waals surface area (Å²) < 4.78 is 11.6. The lowest BCUT2D eigenvalue weighted by molar-refractivity contribution is 0.00924. The number of thiophene rings is 1. The molecule has 2 aromatic rings. The highest BCUT2D eigenvalue weighted by Gasteiger charge is 2.39. The van der Waals surface area contributed by atoms with Crippen molar-refractivity contribution in [2.24, 2.45) is 0 Å². The highest BCUT2D eigenvalue weighted by molar-refractivity contribution is 7.16. The first-order valence-electron chi connectivity index (χ1n) is 10.2. The van der Waals surface area contributed by atoms with Gasteiger partial charge in [0.15, 0.2) is 0 Å². The first-order valence-corrected chi connectivity index (χ1v) is 11.0. The highest BCUT2D eigenvalue weighted by Crippen LogP contribution is 2.39. The maximum absolute atomic E-state index is 12.6. The number of pyridine rings is 1. The number of anilines is 1. The minimum Gasteiger partial charge on any atom is -0.478 e. The summed E-state index contributed by atoms with van der Waals surface area (Å²) in [6.07, 6.45) is 3.97. The van der Waals surface area contributed by atoms with Gasteiger partial charge in [0.25, 0.3) is 11.8 Å². The van der Waals surface area contributed by atoms with E-state index in [-0.39, 0.29) is 36.2 Å². The van der Waals surface area contributed by atoms with Crippen LogP contribution in [-0.2, 0) is 22.5 Å². The molecule has 0 spiro atoms. The van der Waals surface area contributed by atoms with E-state index in [2.05, 4.69) is 10.3 Å². The first-order chi connectivity index (χ1) is 15.0. The summed E-state index contributed by atoms with van der Waals surface area (Å²) in [5.41, 5.74) is 1.35. The molecule has 0 saturated carbocycles. The molecule has 2 unspecified atom stereocenters. The number of imide groups is 1. The van der Waals surface area contributed by atoms with Gasteiger partial charge in [-0.3, -0.25) is 19.5 Å². The molecule has 0 radical (unpaired) electrons. The van der Waals surface area contributed by atoms with Crippen molar-refractivity contribution in [3.8, 4) is 0 Å². The van der Waals surface area contributed by atoms with Crippen molar-refractivity contribution >= 4 is 34.1 Å². The van der Waals surface area contributed by atoms with E-state index < -0.39 is 23.9 Å². The summed E-state index contributed by atoms with van der Waals surface area (Å²) in [5, 5.41) is 13.7. The molecular weight excluding hydrogens is 422 g/mol. The Bertz CT molecular complexity index is 1030. The fourth-order valence-corrected chi connectivity index (χ4v) is 5.44. The van der Waals surface area contributed by atoms with Gasteiger partial charge in [0.05, 0.1) is 30.4 Å². The van der Waals surface area contributed by atoms with E-state index in [1.807, 2.05) is 0 Å². The summed E-state index contributed by atoms with van der Waals surface area (Å²) in [5.74, 6) is -1.86. The predicted octanol–water partition coefficient (Wildman–Crippen LogP) is 2.52. The van der Waals surface area contributed by atoms with Crippen LogP contribution in [0.2, 0.25) is 0 Å². The van der Waals surface area contributed by atoms with Crippen LogP contribution < -0.4 is 5.32 Å². The number of nitrogens with one attached hydrogen (secondary N) is 1. The zero-order valence-corrected chi connectivity index (χ0v) is 17.4. The number of amides is 2. The second-order valence-electron chi connectivity index (χ2n) is 7.77. The van der Waals surface area contributed by atoms with Crippen molar-refractivity contribution < 1.29 is 29.0 Å². The maximum atomic E-state index is 12.6. The average Bonchev–Trinajstić information content (AvgIpc) is 3.25. The average molecular weight is 443 g/mol. The number of carboxylic acid groups (broad SMARTS) is 1. The molecule has 0 aromatic carbocycles. The molecule has 2 atom stereocenters. The number of aromatic nitrogens is 1. The Kier molecular flexibility index (Phi) is 5.20. The van der Waals surface area contributed by atoms with Gasteiger partial charge >= 0.3 is 5.97 Å². The lowest BCUT2D eigenvalue weighted by atomic mass is 10.0. The fraction of sp³-hybridized carbons (Fsp3) is 0.429. The normalized spacial score (nSPS) is 22.9. The SMILES string of the molecule is O=C(O)c1c(NC2CCCCO2)sc2c1CC(CN1C(=O)c3cccnc3C1=O)OC2. The Morgan fingerprint density at radius 2 is 2.16 bits per heavy atom. The van der Waals surface area contributed by atoms with E-state index >= 15 is 0 Å². The zero-order valence-electron chi connectivity index (χ0n) is 16.6. The number of aromatic carboxylic acids is 1.